The van der Waals surface area contributed by atoms with Gasteiger partial charge in [-0.15, -0.1) is 0 Å². The summed E-state index contributed by atoms with van der Waals surface area (Å²) in [6.07, 6.45) is -4.68. The van der Waals surface area contributed by atoms with Crippen molar-refractivity contribution in [3.05, 3.63) is 32.4 Å². The lowest BCUT2D eigenvalue weighted by molar-refractivity contribution is -0.137. The second-order valence-corrected chi connectivity index (χ2v) is 4.11. The maximum absolute atomic E-state index is 12.6. The summed E-state index contributed by atoms with van der Waals surface area (Å²) >= 11 is 1.67. The monoisotopic (exact) mass is 355 g/mol. The first-order valence-corrected chi connectivity index (χ1v) is 5.29. The summed E-state index contributed by atoms with van der Waals surface area (Å²) in [6.45, 7) is 0. The van der Waals surface area contributed by atoms with Gasteiger partial charge in [-0.25, -0.2) is 4.79 Å². The number of rotatable bonds is 1. The molecule has 1 aromatic carbocycles. The summed E-state index contributed by atoms with van der Waals surface area (Å²) in [5.41, 5.74) is -2.21. The maximum Gasteiger partial charge on any atom is 0.417 e. The van der Waals surface area contributed by atoms with Crippen LogP contribution in [0.25, 0.3) is 0 Å². The maximum atomic E-state index is 12.6. The Morgan fingerprint density at radius 3 is 2.47 bits per heavy atom. The van der Waals surface area contributed by atoms with E-state index < -0.39 is 23.3 Å². The van der Waals surface area contributed by atoms with Crippen molar-refractivity contribution in [3.8, 4) is 6.07 Å². The van der Waals surface area contributed by atoms with E-state index in [2.05, 4.69) is 4.74 Å². The highest BCUT2D eigenvalue weighted by atomic mass is 127. The SMILES string of the molecule is COC(=O)c1c(I)ccc(C(F)(F)F)c1C#N. The summed E-state index contributed by atoms with van der Waals surface area (Å²) in [6, 6.07) is 3.29. The number of methoxy groups -OCH3 is 1. The Hall–Kier alpha value is -1.30. The van der Waals surface area contributed by atoms with Crippen LogP contribution in [0.3, 0.4) is 0 Å². The molecule has 0 heterocycles. The van der Waals surface area contributed by atoms with Gasteiger partial charge in [0.15, 0.2) is 0 Å². The quantitative estimate of drug-likeness (QED) is 0.575. The standard InChI is InChI=1S/C10H5F3INO2/c1-17-9(16)8-5(4-15)6(10(11,12)13)2-3-7(8)14/h2-3H,1H3. The van der Waals surface area contributed by atoms with Gasteiger partial charge in [0.05, 0.1) is 23.8 Å². The van der Waals surface area contributed by atoms with Crippen LogP contribution in [0.2, 0.25) is 0 Å². The normalized spacial score (nSPS) is 10.8. The van der Waals surface area contributed by atoms with E-state index >= 15 is 0 Å². The fraction of sp³-hybridized carbons (Fsp3) is 0.200. The first-order chi connectivity index (χ1) is 7.82. The lowest BCUT2D eigenvalue weighted by Crippen LogP contribution is -2.14. The molecule has 0 spiro atoms. The molecule has 0 amide bonds. The zero-order valence-electron chi connectivity index (χ0n) is 8.43. The Kier molecular flexibility index (Phi) is 3.98. The van der Waals surface area contributed by atoms with E-state index in [1.54, 1.807) is 22.6 Å². The molecule has 0 saturated heterocycles. The molecule has 0 aliphatic heterocycles. The van der Waals surface area contributed by atoms with Crippen LogP contribution in [-0.4, -0.2) is 13.1 Å². The minimum atomic E-state index is -4.68. The third-order valence-electron chi connectivity index (χ3n) is 1.96. The molecule has 0 aromatic heterocycles. The van der Waals surface area contributed by atoms with Gasteiger partial charge in [-0.1, -0.05) is 0 Å². The number of nitriles is 1. The summed E-state index contributed by atoms with van der Waals surface area (Å²) in [7, 11) is 1.04. The molecule has 3 nitrogen and oxygen atoms in total. The lowest BCUT2D eigenvalue weighted by Gasteiger charge is -2.12. The minimum Gasteiger partial charge on any atom is -0.465 e. The molecule has 0 aliphatic carbocycles. The predicted octanol–water partition coefficient (Wildman–Crippen LogP) is 2.97. The van der Waals surface area contributed by atoms with Gasteiger partial charge in [0, 0.05) is 3.57 Å². The van der Waals surface area contributed by atoms with Gasteiger partial charge in [0.2, 0.25) is 0 Å². The van der Waals surface area contributed by atoms with Crippen molar-refractivity contribution in [2.45, 2.75) is 6.18 Å². The smallest absolute Gasteiger partial charge is 0.417 e. The van der Waals surface area contributed by atoms with Crippen LogP contribution in [0, 0.1) is 14.9 Å². The topological polar surface area (TPSA) is 50.1 Å². The van der Waals surface area contributed by atoms with Crippen molar-refractivity contribution in [1.82, 2.24) is 0 Å². The predicted molar refractivity (Wildman–Crippen MR) is 60.2 cm³/mol. The molecule has 0 N–H and O–H groups in total. The largest absolute Gasteiger partial charge is 0.465 e. The van der Waals surface area contributed by atoms with E-state index in [1.165, 1.54) is 6.07 Å². The summed E-state index contributed by atoms with van der Waals surface area (Å²) in [5.74, 6) is -0.961. The fourth-order valence-corrected chi connectivity index (χ4v) is 1.90. The van der Waals surface area contributed by atoms with Gasteiger partial charge >= 0.3 is 12.1 Å². The van der Waals surface area contributed by atoms with E-state index in [4.69, 9.17) is 5.26 Å². The van der Waals surface area contributed by atoms with Crippen molar-refractivity contribution in [2.24, 2.45) is 0 Å². The number of carbonyl (C=O) groups is 1. The molecule has 1 aromatic rings. The molecule has 0 aliphatic rings. The Morgan fingerprint density at radius 2 is 2.06 bits per heavy atom. The lowest BCUT2D eigenvalue weighted by atomic mass is 10.0. The van der Waals surface area contributed by atoms with Crippen LogP contribution in [0.5, 0.6) is 0 Å². The van der Waals surface area contributed by atoms with Crippen LogP contribution in [-0.2, 0) is 10.9 Å². The minimum absolute atomic E-state index is 0.235. The summed E-state index contributed by atoms with van der Waals surface area (Å²) in [5, 5.41) is 8.77. The molecule has 0 unspecified atom stereocenters. The number of benzene rings is 1. The molecule has 0 fully saturated rings. The second kappa shape index (κ2) is 4.91. The molecule has 7 heteroatoms. The second-order valence-electron chi connectivity index (χ2n) is 2.95. The van der Waals surface area contributed by atoms with Crippen molar-refractivity contribution >= 4 is 28.6 Å². The molecule has 0 bridgehead atoms. The first-order valence-electron chi connectivity index (χ1n) is 4.21. The summed E-state index contributed by atoms with van der Waals surface area (Å²) < 4.78 is 42.4. The van der Waals surface area contributed by atoms with Crippen LogP contribution >= 0.6 is 22.6 Å². The molecular weight excluding hydrogens is 350 g/mol. The van der Waals surface area contributed by atoms with E-state index in [0.29, 0.717) is 0 Å². The molecule has 90 valence electrons. The van der Waals surface area contributed by atoms with Gasteiger partial charge in [-0.2, -0.15) is 18.4 Å². The molecular formula is C10H5F3INO2. The van der Waals surface area contributed by atoms with Crippen LogP contribution in [0.4, 0.5) is 13.2 Å². The number of alkyl halides is 3. The van der Waals surface area contributed by atoms with Crippen molar-refractivity contribution in [3.63, 3.8) is 0 Å². The van der Waals surface area contributed by atoms with E-state index in [1.807, 2.05) is 0 Å². The first kappa shape index (κ1) is 13.8. The molecule has 0 saturated carbocycles. The van der Waals surface area contributed by atoms with E-state index in [9.17, 15) is 18.0 Å². The number of nitrogens with zero attached hydrogens (tertiary/aromatic N) is 1. The van der Waals surface area contributed by atoms with Gasteiger partial charge in [0.1, 0.15) is 6.07 Å². The molecule has 0 radical (unpaired) electrons. The van der Waals surface area contributed by atoms with Crippen molar-refractivity contribution in [1.29, 1.82) is 5.26 Å². The van der Waals surface area contributed by atoms with Gasteiger partial charge < -0.3 is 4.74 Å². The highest BCUT2D eigenvalue weighted by Crippen LogP contribution is 2.34. The highest BCUT2D eigenvalue weighted by molar-refractivity contribution is 14.1. The highest BCUT2D eigenvalue weighted by Gasteiger charge is 2.36. The number of carbonyl (C=O) groups excluding carboxylic acids is 1. The molecule has 0 atom stereocenters. The number of esters is 1. The van der Waals surface area contributed by atoms with Gasteiger partial charge in [0.25, 0.3) is 0 Å². The number of halogens is 4. The van der Waals surface area contributed by atoms with Gasteiger partial charge in [-0.05, 0) is 34.7 Å². The number of ether oxygens (including phenoxy) is 1. The molecule has 17 heavy (non-hydrogen) atoms. The fourth-order valence-electron chi connectivity index (χ4n) is 1.23. The Bertz CT molecular complexity index is 505. The Balaban J connectivity index is 3.61. The van der Waals surface area contributed by atoms with E-state index in [-0.39, 0.29) is 9.13 Å². The zero-order valence-corrected chi connectivity index (χ0v) is 10.6. The van der Waals surface area contributed by atoms with Crippen LogP contribution < -0.4 is 0 Å². The Morgan fingerprint density at radius 1 is 1.47 bits per heavy atom. The molecule has 1 rings (SSSR count). The average Bonchev–Trinajstić information content (AvgIpc) is 2.25. The number of hydrogen-bond acceptors (Lipinski definition) is 3. The third kappa shape index (κ3) is 2.69. The van der Waals surface area contributed by atoms with Gasteiger partial charge in [-0.3, -0.25) is 0 Å². The van der Waals surface area contributed by atoms with Crippen molar-refractivity contribution in [2.75, 3.05) is 7.11 Å². The third-order valence-corrected chi connectivity index (χ3v) is 2.86. The zero-order chi connectivity index (χ0) is 13.2. The Labute approximate surface area is 108 Å². The number of hydrogen-bond donors (Lipinski definition) is 0. The van der Waals surface area contributed by atoms with Crippen LogP contribution in [0.1, 0.15) is 21.5 Å². The summed E-state index contributed by atoms with van der Waals surface area (Å²) in [4.78, 5) is 11.3. The van der Waals surface area contributed by atoms with E-state index in [0.717, 1.165) is 19.2 Å². The van der Waals surface area contributed by atoms with Crippen LogP contribution in [0.15, 0.2) is 12.1 Å². The van der Waals surface area contributed by atoms with Crippen molar-refractivity contribution < 1.29 is 22.7 Å². The average molecular weight is 355 g/mol.